The predicted molar refractivity (Wildman–Crippen MR) is 183 cm³/mol. The van der Waals surface area contributed by atoms with Crippen molar-refractivity contribution in [1.82, 2.24) is 25.1 Å². The van der Waals surface area contributed by atoms with E-state index in [9.17, 15) is 19.8 Å². The molecule has 2 aliphatic rings. The highest BCUT2D eigenvalue weighted by Gasteiger charge is 2.41. The molecule has 5 heterocycles. The van der Waals surface area contributed by atoms with Gasteiger partial charge in [0.2, 0.25) is 0 Å². The molecule has 2 aromatic carbocycles. The van der Waals surface area contributed by atoms with Gasteiger partial charge in [-0.3, -0.25) is 14.5 Å². The van der Waals surface area contributed by atoms with Gasteiger partial charge in [0.05, 0.1) is 44.8 Å². The van der Waals surface area contributed by atoms with E-state index in [2.05, 4.69) is 31.6 Å². The number of H-pyrrole nitrogens is 1. The molecule has 3 aromatic heterocycles. The zero-order chi connectivity index (χ0) is 31.8. The number of fused-ring (bicyclic) bond motifs is 2. The molecule has 0 saturated carbocycles. The molecule has 0 aliphatic carbocycles. The number of carbonyl (C=O) groups is 1. The molecule has 2 fully saturated rings. The number of nitrogens with one attached hydrogen (secondary N) is 2. The van der Waals surface area contributed by atoms with E-state index in [1.165, 1.54) is 16.5 Å². The first-order valence-electron chi connectivity index (χ1n) is 15.6. The Kier molecular flexibility index (Phi) is 8.98. The number of phenols is 1. The molecular weight excluding hydrogens is 643 g/mol. The van der Waals surface area contributed by atoms with Crippen LogP contribution in [0.1, 0.15) is 50.3 Å². The summed E-state index contributed by atoms with van der Waals surface area (Å²) < 4.78 is 8.04. The average molecular weight is 680 g/mol. The van der Waals surface area contributed by atoms with Crippen LogP contribution in [0.2, 0.25) is 0 Å². The van der Waals surface area contributed by atoms with E-state index in [0.29, 0.717) is 54.1 Å². The first-order chi connectivity index (χ1) is 22.2. The number of rotatable bonds is 9. The monoisotopic (exact) mass is 679 g/mol. The van der Waals surface area contributed by atoms with Gasteiger partial charge in [-0.2, -0.15) is 0 Å². The Morgan fingerprint density at radius 1 is 1.17 bits per heavy atom. The van der Waals surface area contributed by atoms with Crippen LogP contribution in [0.15, 0.2) is 46.6 Å². The molecule has 1 spiro atoms. The number of aliphatic hydroxyl groups is 1. The summed E-state index contributed by atoms with van der Waals surface area (Å²) in [6.07, 6.45) is 1.86. The van der Waals surface area contributed by atoms with Crippen LogP contribution in [0.4, 0.5) is 0 Å². The lowest BCUT2D eigenvalue weighted by Crippen LogP contribution is -2.57. The number of amides is 1. The molecule has 2 aliphatic heterocycles. The Morgan fingerprint density at radius 3 is 2.87 bits per heavy atom. The molecule has 10 nitrogen and oxygen atoms in total. The number of nitrogens with zero attached hydrogens (tertiary/aromatic N) is 3. The number of morpholine rings is 1. The fourth-order valence-electron chi connectivity index (χ4n) is 6.54. The predicted octanol–water partition coefficient (Wildman–Crippen LogP) is 4.65. The molecule has 1 amide bonds. The number of aryl methyl sites for hydroxylation is 1. The number of ether oxygens (including phenoxy) is 1. The van der Waals surface area contributed by atoms with Gasteiger partial charge in [0.1, 0.15) is 11.3 Å². The first kappa shape index (κ1) is 31.4. The summed E-state index contributed by atoms with van der Waals surface area (Å²) >= 11 is 4.42. The third-order valence-electron chi connectivity index (χ3n) is 9.01. The second-order valence-corrected chi connectivity index (χ2v) is 15.4. The first-order valence-corrected chi connectivity index (χ1v) is 18.1. The molecule has 1 atom stereocenters. The summed E-state index contributed by atoms with van der Waals surface area (Å²) in [5.41, 5.74) is 3.57. The van der Waals surface area contributed by atoms with Gasteiger partial charge in [-0.15, -0.1) is 22.7 Å². The maximum Gasteiger partial charge on any atom is 0.305 e. The van der Waals surface area contributed by atoms with Crippen LogP contribution in [0, 0.1) is 6.92 Å². The number of benzene rings is 2. The topological polar surface area (TPSA) is 131 Å². The van der Waals surface area contributed by atoms with Crippen molar-refractivity contribution in [3.8, 4) is 5.75 Å². The molecule has 0 unspecified atom stereocenters. The fraction of sp³-hybridized carbons (Fsp3) is 0.424. The minimum Gasteiger partial charge on any atom is -0.506 e. The maximum absolute atomic E-state index is 13.4. The van der Waals surface area contributed by atoms with E-state index in [0.717, 1.165) is 65.5 Å². The van der Waals surface area contributed by atoms with Gasteiger partial charge in [-0.1, -0.05) is 17.4 Å². The number of hydrogen-bond acceptors (Lipinski definition) is 11. The van der Waals surface area contributed by atoms with Crippen LogP contribution in [0.25, 0.3) is 20.4 Å². The second-order valence-electron chi connectivity index (χ2n) is 12.2. The lowest BCUT2D eigenvalue weighted by molar-refractivity contribution is -0.127. The van der Waals surface area contributed by atoms with Crippen molar-refractivity contribution in [3.63, 3.8) is 0 Å². The standard InChI is InChI=1S/C33H37N5O5S3/c1-20-35-25-15-22(2-5-28(25)45-20)31(41)38-12-13-43-33(19-38)7-10-37(11-8-33)17-23-14-21(18-44-23)6-9-34-16-27(40)24-3-4-26(39)29-30(24)46-32(42)36-29/h2-5,14-15,18,27,34,39-40H,6-13,16-17,19H2,1H3,(H,36,42)/t27-/m0/s1. The molecule has 2 saturated heterocycles. The molecular formula is C33H37N5O5S3. The number of aromatic hydroxyl groups is 1. The van der Waals surface area contributed by atoms with E-state index in [1.807, 2.05) is 30.0 Å². The number of likely N-dealkylation sites (tertiary alicyclic amines) is 1. The molecule has 13 heteroatoms. The minimum atomic E-state index is -0.787. The summed E-state index contributed by atoms with van der Waals surface area (Å²) in [5, 5.41) is 27.3. The van der Waals surface area contributed by atoms with E-state index < -0.39 is 6.10 Å². The Bertz CT molecular complexity index is 1920. The number of thiophene rings is 1. The number of aliphatic hydroxyl groups excluding tert-OH is 1. The molecule has 0 radical (unpaired) electrons. The molecule has 46 heavy (non-hydrogen) atoms. The van der Waals surface area contributed by atoms with Gasteiger partial charge >= 0.3 is 4.87 Å². The Labute approximate surface area is 278 Å². The van der Waals surface area contributed by atoms with Crippen LogP contribution in [-0.4, -0.2) is 87.4 Å². The quantitative estimate of drug-likeness (QED) is 0.166. The highest BCUT2D eigenvalue weighted by atomic mass is 32.1. The summed E-state index contributed by atoms with van der Waals surface area (Å²) in [5.74, 6) is 0.0660. The van der Waals surface area contributed by atoms with Gasteiger partial charge < -0.3 is 30.2 Å². The molecule has 7 rings (SSSR count). The minimum absolute atomic E-state index is 0.00635. The third kappa shape index (κ3) is 6.63. The average Bonchev–Trinajstić information content (AvgIpc) is 3.77. The number of aromatic amines is 1. The van der Waals surface area contributed by atoms with Gasteiger partial charge in [0.15, 0.2) is 0 Å². The number of aromatic nitrogens is 2. The Balaban J connectivity index is 0.870. The summed E-state index contributed by atoms with van der Waals surface area (Å²) in [6, 6.07) is 11.3. The van der Waals surface area contributed by atoms with Crippen molar-refractivity contribution < 1.29 is 19.7 Å². The normalized spacial score (nSPS) is 17.7. The number of piperidine rings is 1. The van der Waals surface area contributed by atoms with Crippen molar-refractivity contribution in [1.29, 1.82) is 0 Å². The largest absolute Gasteiger partial charge is 0.506 e. The van der Waals surface area contributed by atoms with Gasteiger partial charge in [-0.05, 0) is 74.0 Å². The van der Waals surface area contributed by atoms with E-state index >= 15 is 0 Å². The van der Waals surface area contributed by atoms with E-state index in [-0.39, 0.29) is 22.1 Å². The highest BCUT2D eigenvalue weighted by molar-refractivity contribution is 7.18. The van der Waals surface area contributed by atoms with Crippen LogP contribution < -0.4 is 10.2 Å². The Hall–Kier alpha value is -3.17. The van der Waals surface area contributed by atoms with Crippen molar-refractivity contribution in [2.24, 2.45) is 0 Å². The molecule has 0 bridgehead atoms. The Morgan fingerprint density at radius 2 is 2.02 bits per heavy atom. The lowest BCUT2D eigenvalue weighted by atomic mass is 9.89. The molecule has 242 valence electrons. The van der Waals surface area contributed by atoms with Crippen molar-refractivity contribution in [2.75, 3.05) is 45.9 Å². The van der Waals surface area contributed by atoms with Crippen molar-refractivity contribution >= 4 is 60.4 Å². The SMILES string of the molecule is Cc1nc2cc(C(=O)N3CCOC4(CCN(Cc5cc(CCNC[C@H](O)c6ccc(O)c7[nH]c(=O)sc67)cs5)CC4)C3)ccc2s1. The fourth-order valence-corrected chi connectivity index (χ4v) is 9.23. The van der Waals surface area contributed by atoms with Gasteiger partial charge in [0, 0.05) is 48.7 Å². The smallest absolute Gasteiger partial charge is 0.305 e. The van der Waals surface area contributed by atoms with Crippen LogP contribution in [0.5, 0.6) is 5.75 Å². The van der Waals surface area contributed by atoms with Crippen LogP contribution in [-0.2, 0) is 17.7 Å². The summed E-state index contributed by atoms with van der Waals surface area (Å²) in [4.78, 5) is 37.9. The third-order valence-corrected chi connectivity index (χ3v) is 11.9. The number of thiazole rings is 2. The van der Waals surface area contributed by atoms with E-state index in [1.54, 1.807) is 28.7 Å². The maximum atomic E-state index is 13.4. The van der Waals surface area contributed by atoms with Crippen LogP contribution in [0.3, 0.4) is 0 Å². The number of carbonyl (C=O) groups excluding carboxylic acids is 1. The zero-order valence-electron chi connectivity index (χ0n) is 25.6. The number of hydrogen-bond donors (Lipinski definition) is 4. The van der Waals surface area contributed by atoms with Gasteiger partial charge in [-0.25, -0.2) is 4.98 Å². The summed E-state index contributed by atoms with van der Waals surface area (Å²) in [6.45, 7) is 7.62. The zero-order valence-corrected chi connectivity index (χ0v) is 28.0. The summed E-state index contributed by atoms with van der Waals surface area (Å²) in [7, 11) is 0. The molecule has 4 N–H and O–H groups in total. The van der Waals surface area contributed by atoms with E-state index in [4.69, 9.17) is 4.74 Å². The van der Waals surface area contributed by atoms with Crippen molar-refractivity contribution in [3.05, 3.63) is 78.0 Å². The highest BCUT2D eigenvalue weighted by Crippen LogP contribution is 2.33. The second kappa shape index (κ2) is 13.1. The lowest BCUT2D eigenvalue weighted by Gasteiger charge is -2.47. The number of phenolic OH excluding ortho intramolecular Hbond substituents is 1. The van der Waals surface area contributed by atoms with Crippen molar-refractivity contribution in [2.45, 2.75) is 44.4 Å². The molecule has 5 aromatic rings. The van der Waals surface area contributed by atoms with Gasteiger partial charge in [0.25, 0.3) is 5.91 Å². The van der Waals surface area contributed by atoms with Crippen LogP contribution >= 0.6 is 34.0 Å².